The predicted molar refractivity (Wildman–Crippen MR) is 112 cm³/mol. The van der Waals surface area contributed by atoms with Gasteiger partial charge in [-0.15, -0.1) is 11.3 Å². The maximum Gasteiger partial charge on any atom is 0.425 e. The Kier molecular flexibility index (Phi) is 5.65. The van der Waals surface area contributed by atoms with Gasteiger partial charge in [0.2, 0.25) is 0 Å². The Morgan fingerprint density at radius 3 is 2.62 bits per heavy atom. The predicted octanol–water partition coefficient (Wildman–Crippen LogP) is 3.56. The number of hydrogen-bond donors (Lipinski definition) is 1. The summed E-state index contributed by atoms with van der Waals surface area (Å²) in [6.07, 6.45) is 1.23. The maximum atomic E-state index is 13.5. The molecule has 2 fully saturated rings. The fraction of sp³-hybridized carbons (Fsp3) is 0.682. The van der Waals surface area contributed by atoms with Crippen LogP contribution in [0.5, 0.6) is 0 Å². The molecule has 0 saturated carbocycles. The Balaban J connectivity index is 1.27. The van der Waals surface area contributed by atoms with Gasteiger partial charge in [-0.25, -0.2) is 0 Å². The second-order valence-electron chi connectivity index (χ2n) is 9.59. The molecular formula is C22H28F3N3O3S. The van der Waals surface area contributed by atoms with Crippen LogP contribution in [-0.2, 0) is 47.4 Å². The lowest BCUT2D eigenvalue weighted by Gasteiger charge is -2.43. The van der Waals surface area contributed by atoms with Gasteiger partial charge in [0, 0.05) is 47.3 Å². The van der Waals surface area contributed by atoms with E-state index in [4.69, 9.17) is 9.47 Å². The number of thiophene rings is 1. The summed E-state index contributed by atoms with van der Waals surface area (Å²) in [4.78, 5) is 2.31. The van der Waals surface area contributed by atoms with Crippen molar-refractivity contribution in [2.24, 2.45) is 5.41 Å². The fourth-order valence-electron chi connectivity index (χ4n) is 5.15. The molecule has 0 aliphatic carbocycles. The van der Waals surface area contributed by atoms with E-state index in [0.717, 1.165) is 56.3 Å². The summed E-state index contributed by atoms with van der Waals surface area (Å²) in [7, 11) is 0. The number of aliphatic hydroxyl groups is 1. The first kappa shape index (κ1) is 22.3. The minimum atomic E-state index is -4.45. The number of likely N-dealkylation sites (tertiary alicyclic amines) is 1. The summed E-state index contributed by atoms with van der Waals surface area (Å²) >= 11 is 0.768. The number of rotatable bonds is 5. The average molecular weight is 472 g/mol. The molecule has 2 aromatic heterocycles. The van der Waals surface area contributed by atoms with Crippen molar-refractivity contribution in [3.63, 3.8) is 0 Å². The first-order chi connectivity index (χ1) is 15.2. The summed E-state index contributed by atoms with van der Waals surface area (Å²) in [6.45, 7) is 6.59. The summed E-state index contributed by atoms with van der Waals surface area (Å²) in [5, 5.41) is 14.1. The molecule has 0 bridgehead atoms. The molecule has 10 heteroatoms. The van der Waals surface area contributed by atoms with E-state index >= 15 is 0 Å². The molecule has 5 rings (SSSR count). The van der Waals surface area contributed by atoms with Gasteiger partial charge in [-0.05, 0) is 24.8 Å². The molecule has 0 atom stereocenters. The Bertz CT molecular complexity index is 975. The molecule has 2 saturated heterocycles. The largest absolute Gasteiger partial charge is 0.425 e. The van der Waals surface area contributed by atoms with Gasteiger partial charge in [0.05, 0.1) is 39.2 Å². The van der Waals surface area contributed by atoms with Crippen molar-refractivity contribution in [3.8, 4) is 0 Å². The van der Waals surface area contributed by atoms with Gasteiger partial charge in [-0.2, -0.15) is 18.3 Å². The zero-order valence-electron chi connectivity index (χ0n) is 18.1. The van der Waals surface area contributed by atoms with Crippen molar-refractivity contribution in [2.45, 2.75) is 57.7 Å². The molecule has 6 nitrogen and oxygen atoms in total. The summed E-state index contributed by atoms with van der Waals surface area (Å²) in [5.41, 5.74) is 1.30. The molecule has 0 unspecified atom stereocenters. The number of ether oxygens (including phenoxy) is 2. The first-order valence-electron chi connectivity index (χ1n) is 11.0. The molecule has 5 heterocycles. The standard InChI is InChI=1S/C22H28F3N3O3S/c1-20(13-30-14-20)12-28-10-15(8-26-28)9-27-5-3-21(4-6-27)18-16(2-7-31-21)17(11-29)19(32-18)22(23,24)25/h8,10,29H,2-7,9,11-14H2,1H3. The first-order valence-corrected chi connectivity index (χ1v) is 11.8. The Morgan fingerprint density at radius 1 is 1.25 bits per heavy atom. The van der Waals surface area contributed by atoms with Gasteiger partial charge < -0.3 is 14.6 Å². The lowest BCUT2D eigenvalue weighted by Crippen LogP contribution is -2.45. The minimum Gasteiger partial charge on any atom is -0.392 e. The minimum absolute atomic E-state index is 0.0422. The van der Waals surface area contributed by atoms with Gasteiger partial charge in [-0.3, -0.25) is 9.58 Å². The van der Waals surface area contributed by atoms with Crippen molar-refractivity contribution in [1.29, 1.82) is 0 Å². The van der Waals surface area contributed by atoms with Gasteiger partial charge in [0.15, 0.2) is 0 Å². The van der Waals surface area contributed by atoms with Crippen LogP contribution in [-0.4, -0.2) is 52.7 Å². The van der Waals surface area contributed by atoms with Crippen LogP contribution in [0.1, 0.15) is 46.2 Å². The highest BCUT2D eigenvalue weighted by Crippen LogP contribution is 2.50. The van der Waals surface area contributed by atoms with Crippen LogP contribution < -0.4 is 0 Å². The number of nitrogens with zero attached hydrogens (tertiary/aromatic N) is 3. The summed E-state index contributed by atoms with van der Waals surface area (Å²) in [6, 6.07) is 0. The highest BCUT2D eigenvalue weighted by Gasteiger charge is 2.47. The zero-order chi connectivity index (χ0) is 22.6. The molecule has 3 aliphatic heterocycles. The topological polar surface area (TPSA) is 59.8 Å². The molecule has 0 radical (unpaired) electrons. The molecule has 2 aromatic rings. The molecule has 0 aromatic carbocycles. The van der Waals surface area contributed by atoms with E-state index in [0.29, 0.717) is 36.3 Å². The van der Waals surface area contributed by atoms with Gasteiger partial charge in [0.1, 0.15) is 10.5 Å². The number of piperidine rings is 1. The van der Waals surface area contributed by atoms with E-state index in [9.17, 15) is 18.3 Å². The van der Waals surface area contributed by atoms with Crippen molar-refractivity contribution >= 4 is 11.3 Å². The van der Waals surface area contributed by atoms with Gasteiger partial charge in [0.25, 0.3) is 0 Å². The van der Waals surface area contributed by atoms with Crippen molar-refractivity contribution in [1.82, 2.24) is 14.7 Å². The molecule has 0 amide bonds. The molecule has 1 spiro atoms. The van der Waals surface area contributed by atoms with E-state index < -0.39 is 23.3 Å². The van der Waals surface area contributed by atoms with Gasteiger partial charge in [-0.1, -0.05) is 6.92 Å². The van der Waals surface area contributed by atoms with Crippen LogP contribution in [0.2, 0.25) is 0 Å². The number of halogens is 3. The Labute approximate surface area is 188 Å². The van der Waals surface area contributed by atoms with Crippen LogP contribution in [0.3, 0.4) is 0 Å². The quantitative estimate of drug-likeness (QED) is 0.723. The highest BCUT2D eigenvalue weighted by atomic mass is 32.1. The molecule has 32 heavy (non-hydrogen) atoms. The maximum absolute atomic E-state index is 13.5. The summed E-state index contributed by atoms with van der Waals surface area (Å²) < 4.78 is 54.1. The van der Waals surface area contributed by atoms with Crippen molar-refractivity contribution in [3.05, 3.63) is 38.8 Å². The van der Waals surface area contributed by atoms with Crippen LogP contribution in [0.25, 0.3) is 0 Å². The van der Waals surface area contributed by atoms with E-state index in [1.807, 2.05) is 10.9 Å². The fourth-order valence-corrected chi connectivity index (χ4v) is 6.58. The normalized spacial score (nSPS) is 22.7. The molecular weight excluding hydrogens is 443 g/mol. The third-order valence-corrected chi connectivity index (χ3v) is 8.38. The molecule has 1 N–H and O–H groups in total. The molecule has 176 valence electrons. The number of fused-ring (bicyclic) bond motifs is 2. The second kappa shape index (κ2) is 8.09. The van der Waals surface area contributed by atoms with Gasteiger partial charge >= 0.3 is 6.18 Å². The average Bonchev–Trinajstić information content (AvgIpc) is 3.33. The Morgan fingerprint density at radius 2 is 2.00 bits per heavy atom. The third-order valence-electron chi connectivity index (χ3n) is 6.88. The van der Waals surface area contributed by atoms with E-state index in [-0.39, 0.29) is 11.0 Å². The number of aliphatic hydroxyl groups excluding tert-OH is 1. The lowest BCUT2D eigenvalue weighted by atomic mass is 9.84. The van der Waals surface area contributed by atoms with Crippen LogP contribution in [0.4, 0.5) is 13.2 Å². The smallest absolute Gasteiger partial charge is 0.392 e. The van der Waals surface area contributed by atoms with Crippen LogP contribution in [0, 0.1) is 5.41 Å². The second-order valence-corrected chi connectivity index (χ2v) is 10.6. The highest BCUT2D eigenvalue weighted by molar-refractivity contribution is 7.12. The van der Waals surface area contributed by atoms with E-state index in [1.165, 1.54) is 0 Å². The number of alkyl halides is 3. The van der Waals surface area contributed by atoms with Crippen molar-refractivity contribution in [2.75, 3.05) is 32.9 Å². The number of hydrogen-bond acceptors (Lipinski definition) is 6. The lowest BCUT2D eigenvalue weighted by molar-refractivity contribution is -0.135. The summed E-state index contributed by atoms with van der Waals surface area (Å²) in [5.74, 6) is 0. The zero-order valence-corrected chi connectivity index (χ0v) is 18.9. The van der Waals surface area contributed by atoms with Crippen molar-refractivity contribution < 1.29 is 27.8 Å². The third kappa shape index (κ3) is 4.00. The van der Waals surface area contributed by atoms with E-state index in [2.05, 4.69) is 23.1 Å². The monoisotopic (exact) mass is 471 g/mol. The Hall–Kier alpha value is -1.46. The SMILES string of the molecule is CC1(Cn2cc(CN3CCC4(CC3)OCCc3c4sc(C(F)(F)F)c3CO)cn2)COC1. The van der Waals surface area contributed by atoms with E-state index in [1.54, 1.807) is 0 Å². The van der Waals surface area contributed by atoms with Crippen LogP contribution in [0.15, 0.2) is 12.4 Å². The number of aromatic nitrogens is 2. The molecule has 3 aliphatic rings. The van der Waals surface area contributed by atoms with Crippen LogP contribution >= 0.6 is 11.3 Å².